The van der Waals surface area contributed by atoms with E-state index in [2.05, 4.69) is 57.8 Å². The quantitative estimate of drug-likeness (QED) is 0.315. The maximum absolute atomic E-state index is 11.1. The Bertz CT molecular complexity index is 808. The highest BCUT2D eigenvalue weighted by molar-refractivity contribution is 14.0. The first-order valence-corrected chi connectivity index (χ1v) is 9.69. The Hall–Kier alpha value is -2.07. The zero-order valence-electron chi connectivity index (χ0n) is 16.9. The number of benzene rings is 1. The monoisotopic (exact) mass is 511 g/mol. The fourth-order valence-corrected chi connectivity index (χ4v) is 3.57. The van der Waals surface area contributed by atoms with Crippen molar-refractivity contribution < 1.29 is 9.21 Å². The molecule has 158 valence electrons. The van der Waals surface area contributed by atoms with E-state index in [1.54, 1.807) is 19.2 Å². The van der Waals surface area contributed by atoms with Gasteiger partial charge < -0.3 is 20.8 Å². The zero-order valence-corrected chi connectivity index (χ0v) is 19.3. The Morgan fingerprint density at radius 3 is 2.66 bits per heavy atom. The van der Waals surface area contributed by atoms with Gasteiger partial charge in [-0.25, -0.2) is 0 Å². The van der Waals surface area contributed by atoms with E-state index in [9.17, 15) is 4.79 Å². The summed E-state index contributed by atoms with van der Waals surface area (Å²) in [4.78, 5) is 17.9. The highest BCUT2D eigenvalue weighted by Gasteiger charge is 2.26. The minimum atomic E-state index is -0.565. The summed E-state index contributed by atoms with van der Waals surface area (Å²) in [6.45, 7) is 4.75. The van der Waals surface area contributed by atoms with Gasteiger partial charge in [-0.15, -0.1) is 24.0 Å². The molecule has 0 radical (unpaired) electrons. The number of guanidine groups is 1. The molecule has 29 heavy (non-hydrogen) atoms. The molecular formula is C21H30IN5O2. The molecule has 2 aromatic rings. The molecule has 2 heterocycles. The fraction of sp³-hybridized carbons (Fsp3) is 0.429. The highest BCUT2D eigenvalue weighted by atomic mass is 127. The summed E-state index contributed by atoms with van der Waals surface area (Å²) in [5.41, 5.74) is 6.57. The van der Waals surface area contributed by atoms with E-state index in [1.807, 2.05) is 0 Å². The third kappa shape index (κ3) is 6.74. The van der Waals surface area contributed by atoms with Crippen molar-refractivity contribution in [3.05, 3.63) is 59.5 Å². The van der Waals surface area contributed by atoms with Crippen LogP contribution in [0.25, 0.3) is 0 Å². The zero-order chi connectivity index (χ0) is 19.9. The van der Waals surface area contributed by atoms with E-state index in [4.69, 9.17) is 10.2 Å². The van der Waals surface area contributed by atoms with Gasteiger partial charge in [0.1, 0.15) is 5.76 Å². The molecule has 1 amide bonds. The Kier molecular flexibility index (Phi) is 8.97. The summed E-state index contributed by atoms with van der Waals surface area (Å²) in [6, 6.07) is 14.8. The predicted octanol–water partition coefficient (Wildman–Crippen LogP) is 2.71. The Morgan fingerprint density at radius 2 is 2.03 bits per heavy atom. The van der Waals surface area contributed by atoms with Gasteiger partial charge in [0.2, 0.25) is 0 Å². The average molecular weight is 511 g/mol. The molecule has 1 aromatic heterocycles. The summed E-state index contributed by atoms with van der Waals surface area (Å²) in [5, 5.41) is 6.73. The van der Waals surface area contributed by atoms with Crippen molar-refractivity contribution in [3.63, 3.8) is 0 Å². The number of amides is 1. The topological polar surface area (TPSA) is 95.9 Å². The van der Waals surface area contributed by atoms with E-state index in [0.717, 1.165) is 31.9 Å². The number of piperidine rings is 1. The van der Waals surface area contributed by atoms with Gasteiger partial charge in [-0.05, 0) is 37.5 Å². The van der Waals surface area contributed by atoms with Crippen LogP contribution in [-0.4, -0.2) is 42.4 Å². The highest BCUT2D eigenvalue weighted by Crippen LogP contribution is 2.20. The van der Waals surface area contributed by atoms with Crippen LogP contribution in [0.2, 0.25) is 0 Å². The number of halogens is 1. The lowest BCUT2D eigenvalue weighted by Crippen LogP contribution is -2.51. The molecule has 0 aliphatic carbocycles. The van der Waals surface area contributed by atoms with Gasteiger partial charge in [0.15, 0.2) is 11.7 Å². The van der Waals surface area contributed by atoms with Gasteiger partial charge in [0, 0.05) is 32.2 Å². The third-order valence-electron chi connectivity index (χ3n) is 5.14. The standard InChI is InChI=1S/C21H29N5O2.HI/c1-15-12-17(10-11-26(15)14-16-6-4-3-5-7-16)25-21(23-2)24-13-18-8-9-19(28-18)20(22)27;/h3-9,15,17H,10-14H2,1-2H3,(H2,22,27)(H2,23,24,25);1H. The van der Waals surface area contributed by atoms with Crippen LogP contribution in [0.1, 0.15) is 41.6 Å². The van der Waals surface area contributed by atoms with Gasteiger partial charge in [-0.1, -0.05) is 30.3 Å². The number of aliphatic imine (C=N–C) groups is 1. The van der Waals surface area contributed by atoms with Gasteiger partial charge in [0.25, 0.3) is 5.91 Å². The van der Waals surface area contributed by atoms with E-state index < -0.39 is 5.91 Å². The van der Waals surface area contributed by atoms with Gasteiger partial charge in [0.05, 0.1) is 6.54 Å². The van der Waals surface area contributed by atoms with Crippen LogP contribution in [0.4, 0.5) is 0 Å². The molecule has 0 saturated carbocycles. The molecule has 2 atom stereocenters. The van der Waals surface area contributed by atoms with Crippen LogP contribution < -0.4 is 16.4 Å². The summed E-state index contributed by atoms with van der Waals surface area (Å²) in [6.07, 6.45) is 2.12. The van der Waals surface area contributed by atoms with E-state index in [0.29, 0.717) is 24.4 Å². The summed E-state index contributed by atoms with van der Waals surface area (Å²) in [7, 11) is 1.75. The van der Waals surface area contributed by atoms with Gasteiger partial charge in [-0.2, -0.15) is 0 Å². The van der Waals surface area contributed by atoms with E-state index in [-0.39, 0.29) is 29.7 Å². The van der Waals surface area contributed by atoms with Crippen LogP contribution in [-0.2, 0) is 13.1 Å². The second kappa shape index (κ2) is 11.2. The molecule has 2 unspecified atom stereocenters. The average Bonchev–Trinajstić information content (AvgIpc) is 3.17. The minimum Gasteiger partial charge on any atom is -0.454 e. The van der Waals surface area contributed by atoms with Crippen LogP contribution in [0.3, 0.4) is 0 Å². The number of primary amides is 1. The van der Waals surface area contributed by atoms with Crippen LogP contribution in [0, 0.1) is 0 Å². The largest absolute Gasteiger partial charge is 0.454 e. The lowest BCUT2D eigenvalue weighted by Gasteiger charge is -2.38. The summed E-state index contributed by atoms with van der Waals surface area (Å²) in [5.74, 6) is 0.970. The van der Waals surface area contributed by atoms with Crippen molar-refractivity contribution in [1.29, 1.82) is 0 Å². The first-order valence-electron chi connectivity index (χ1n) is 9.69. The van der Waals surface area contributed by atoms with Crippen molar-refractivity contribution in [2.45, 2.75) is 44.9 Å². The molecule has 1 aromatic carbocycles. The molecule has 1 fully saturated rings. The number of likely N-dealkylation sites (tertiary alicyclic amines) is 1. The number of nitrogens with two attached hydrogens (primary N) is 1. The van der Waals surface area contributed by atoms with Crippen molar-refractivity contribution >= 4 is 35.8 Å². The molecular weight excluding hydrogens is 481 g/mol. The number of nitrogens with zero attached hydrogens (tertiary/aromatic N) is 2. The summed E-state index contributed by atoms with van der Waals surface area (Å²) >= 11 is 0. The molecule has 1 aliphatic heterocycles. The molecule has 8 heteroatoms. The Morgan fingerprint density at radius 1 is 1.28 bits per heavy atom. The van der Waals surface area contributed by atoms with Crippen molar-refractivity contribution in [3.8, 4) is 0 Å². The number of hydrogen-bond acceptors (Lipinski definition) is 4. The first-order chi connectivity index (χ1) is 13.5. The van der Waals surface area contributed by atoms with Crippen LogP contribution >= 0.6 is 24.0 Å². The van der Waals surface area contributed by atoms with Gasteiger partial charge in [-0.3, -0.25) is 14.7 Å². The van der Waals surface area contributed by atoms with Crippen LogP contribution in [0.15, 0.2) is 51.9 Å². The molecule has 7 nitrogen and oxygen atoms in total. The van der Waals surface area contributed by atoms with Crippen molar-refractivity contribution in [2.75, 3.05) is 13.6 Å². The number of carbonyl (C=O) groups excluding carboxylic acids is 1. The Labute approximate surface area is 189 Å². The Balaban J connectivity index is 0.00000300. The predicted molar refractivity (Wildman–Crippen MR) is 125 cm³/mol. The number of carbonyl (C=O) groups is 1. The minimum absolute atomic E-state index is 0. The maximum atomic E-state index is 11.1. The smallest absolute Gasteiger partial charge is 0.284 e. The SMILES string of the molecule is CN=C(NCc1ccc(C(N)=O)o1)NC1CCN(Cc2ccccc2)C(C)C1.I. The first kappa shape index (κ1) is 23.2. The van der Waals surface area contributed by atoms with Crippen LogP contribution in [0.5, 0.6) is 0 Å². The normalized spacial score (nSPS) is 20.0. The molecule has 0 bridgehead atoms. The van der Waals surface area contributed by atoms with Gasteiger partial charge >= 0.3 is 0 Å². The molecule has 1 aliphatic rings. The second-order valence-electron chi connectivity index (χ2n) is 7.23. The third-order valence-corrected chi connectivity index (χ3v) is 5.14. The molecule has 1 saturated heterocycles. The lowest BCUT2D eigenvalue weighted by atomic mass is 9.97. The fourth-order valence-electron chi connectivity index (χ4n) is 3.57. The summed E-state index contributed by atoms with van der Waals surface area (Å²) < 4.78 is 5.39. The van der Waals surface area contributed by atoms with E-state index >= 15 is 0 Å². The van der Waals surface area contributed by atoms with Crippen molar-refractivity contribution in [2.24, 2.45) is 10.7 Å². The number of rotatable bonds is 6. The number of hydrogen-bond donors (Lipinski definition) is 3. The molecule has 3 rings (SSSR count). The maximum Gasteiger partial charge on any atom is 0.284 e. The number of nitrogens with one attached hydrogen (secondary N) is 2. The second-order valence-corrected chi connectivity index (χ2v) is 7.23. The van der Waals surface area contributed by atoms with Crippen molar-refractivity contribution in [1.82, 2.24) is 15.5 Å². The number of furan rings is 1. The molecule has 0 spiro atoms. The van der Waals surface area contributed by atoms with E-state index in [1.165, 1.54) is 5.56 Å². The lowest BCUT2D eigenvalue weighted by molar-refractivity contribution is 0.0972. The molecule has 4 N–H and O–H groups in total.